The molecule has 0 saturated carbocycles. The summed E-state index contributed by atoms with van der Waals surface area (Å²) in [5.74, 6) is -0.0978. The maximum Gasteiger partial charge on any atom is 0.254 e. The highest BCUT2D eigenvalue weighted by molar-refractivity contribution is 7.17. The number of benzene rings is 1. The summed E-state index contributed by atoms with van der Waals surface area (Å²) in [4.78, 5) is 13.2. The average Bonchev–Trinajstić information content (AvgIpc) is 2.83. The molecule has 2 aromatic rings. The molecule has 0 atom stereocenters. The van der Waals surface area contributed by atoms with Crippen molar-refractivity contribution < 1.29 is 4.79 Å². The first-order valence-electron chi connectivity index (χ1n) is 5.85. The molecule has 1 aliphatic carbocycles. The molecule has 3 rings (SSSR count). The van der Waals surface area contributed by atoms with E-state index in [9.17, 15) is 4.79 Å². The Morgan fingerprint density at radius 3 is 2.94 bits per heavy atom. The molecule has 0 bridgehead atoms. The molecule has 3 nitrogen and oxygen atoms in total. The second kappa shape index (κ2) is 3.85. The van der Waals surface area contributed by atoms with Crippen LogP contribution in [-0.2, 0) is 6.42 Å². The van der Waals surface area contributed by atoms with E-state index in [2.05, 4.69) is 30.4 Å². The van der Waals surface area contributed by atoms with Gasteiger partial charge in [0.25, 0.3) is 5.91 Å². The van der Waals surface area contributed by atoms with E-state index >= 15 is 0 Å². The zero-order valence-electron chi connectivity index (χ0n) is 10.3. The number of carbonyl (C=O) groups is 1. The molecule has 1 aromatic heterocycles. The summed E-state index contributed by atoms with van der Waals surface area (Å²) in [6, 6.07) is 6.39. The molecule has 1 aliphatic rings. The predicted molar refractivity (Wildman–Crippen MR) is 75.1 cm³/mol. The molecular weight excluding hydrogens is 244 g/mol. The van der Waals surface area contributed by atoms with Gasteiger partial charge in [-0.2, -0.15) is 0 Å². The average molecular weight is 258 g/mol. The van der Waals surface area contributed by atoms with E-state index in [1.807, 2.05) is 0 Å². The van der Waals surface area contributed by atoms with Crippen LogP contribution in [0.5, 0.6) is 0 Å². The summed E-state index contributed by atoms with van der Waals surface area (Å²) in [5, 5.41) is 3.29. The van der Waals surface area contributed by atoms with Gasteiger partial charge in [0, 0.05) is 23.9 Å². The minimum Gasteiger partial charge on any atom is -0.390 e. The lowest BCUT2D eigenvalue weighted by molar-refractivity contribution is 0.0965. The van der Waals surface area contributed by atoms with Gasteiger partial charge in [-0.1, -0.05) is 23.8 Å². The summed E-state index contributed by atoms with van der Waals surface area (Å²) in [7, 11) is 1.64. The summed E-state index contributed by atoms with van der Waals surface area (Å²) in [6.07, 6.45) is 0.886. The van der Waals surface area contributed by atoms with Gasteiger partial charge in [0.1, 0.15) is 0 Å². The summed E-state index contributed by atoms with van der Waals surface area (Å²) < 4.78 is 0. The zero-order valence-corrected chi connectivity index (χ0v) is 11.1. The van der Waals surface area contributed by atoms with Crippen LogP contribution in [0.2, 0.25) is 0 Å². The molecule has 3 N–H and O–H groups in total. The van der Waals surface area contributed by atoms with Gasteiger partial charge in [0.15, 0.2) is 0 Å². The van der Waals surface area contributed by atoms with Crippen LogP contribution in [0.25, 0.3) is 11.1 Å². The lowest BCUT2D eigenvalue weighted by Crippen LogP contribution is -2.19. The van der Waals surface area contributed by atoms with Crippen LogP contribution >= 0.6 is 11.3 Å². The van der Waals surface area contributed by atoms with Crippen LogP contribution in [0, 0.1) is 6.92 Å². The number of nitrogens with one attached hydrogen (secondary N) is 1. The third-order valence-corrected chi connectivity index (χ3v) is 4.37. The van der Waals surface area contributed by atoms with Crippen molar-refractivity contribution in [2.45, 2.75) is 13.3 Å². The van der Waals surface area contributed by atoms with Crippen LogP contribution in [0.1, 0.15) is 26.4 Å². The highest BCUT2D eigenvalue weighted by Crippen LogP contribution is 2.46. The number of thiophene rings is 1. The van der Waals surface area contributed by atoms with Crippen LogP contribution in [-0.4, -0.2) is 13.0 Å². The number of anilines is 1. The van der Waals surface area contributed by atoms with Gasteiger partial charge in [0.05, 0.1) is 10.6 Å². The Balaban J connectivity index is 2.27. The molecule has 1 amide bonds. The lowest BCUT2D eigenvalue weighted by atomic mass is 10.0. The van der Waals surface area contributed by atoms with Crippen molar-refractivity contribution in [1.82, 2.24) is 5.32 Å². The van der Waals surface area contributed by atoms with E-state index in [-0.39, 0.29) is 5.91 Å². The fourth-order valence-corrected chi connectivity index (χ4v) is 3.61. The maximum atomic E-state index is 12.0. The Hall–Kier alpha value is -1.81. The van der Waals surface area contributed by atoms with Crippen molar-refractivity contribution in [3.63, 3.8) is 0 Å². The molecule has 0 fully saturated rings. The highest BCUT2D eigenvalue weighted by atomic mass is 32.1. The number of nitrogen functional groups attached to an aromatic ring is 1. The first-order chi connectivity index (χ1) is 8.61. The first-order valence-corrected chi connectivity index (χ1v) is 6.66. The van der Waals surface area contributed by atoms with Gasteiger partial charge < -0.3 is 11.1 Å². The van der Waals surface area contributed by atoms with Gasteiger partial charge >= 0.3 is 0 Å². The van der Waals surface area contributed by atoms with Crippen molar-refractivity contribution in [2.24, 2.45) is 0 Å². The number of amides is 1. The van der Waals surface area contributed by atoms with E-state index in [4.69, 9.17) is 5.73 Å². The van der Waals surface area contributed by atoms with Crippen molar-refractivity contribution in [3.05, 3.63) is 39.8 Å². The zero-order chi connectivity index (χ0) is 12.9. The van der Waals surface area contributed by atoms with E-state index in [0.29, 0.717) is 10.6 Å². The molecular formula is C14H14N2OS. The maximum absolute atomic E-state index is 12.0. The first kappa shape index (κ1) is 11.3. The number of fused-ring (bicyclic) bond motifs is 3. The standard InChI is InChI=1S/C14H14N2OS/c1-7-3-4-8-6-10-11(9(8)5-7)12(13(15)18-10)14(17)16-2/h3-5H,6,15H2,1-2H3,(H,16,17). The number of aryl methyl sites for hydroxylation is 1. The molecule has 18 heavy (non-hydrogen) atoms. The second-order valence-electron chi connectivity index (χ2n) is 4.56. The van der Waals surface area contributed by atoms with Crippen LogP contribution in [0.4, 0.5) is 5.00 Å². The number of nitrogens with two attached hydrogens (primary N) is 1. The Labute approximate surface area is 110 Å². The van der Waals surface area contributed by atoms with Gasteiger partial charge in [-0.15, -0.1) is 11.3 Å². The van der Waals surface area contributed by atoms with Gasteiger partial charge in [-0.25, -0.2) is 0 Å². The van der Waals surface area contributed by atoms with Gasteiger partial charge in [-0.3, -0.25) is 4.79 Å². The Kier molecular flexibility index (Phi) is 2.41. The van der Waals surface area contributed by atoms with E-state index in [0.717, 1.165) is 17.5 Å². The van der Waals surface area contributed by atoms with E-state index in [1.165, 1.54) is 27.3 Å². The molecule has 4 heteroatoms. The van der Waals surface area contributed by atoms with E-state index in [1.54, 1.807) is 7.05 Å². The van der Waals surface area contributed by atoms with Crippen LogP contribution in [0.3, 0.4) is 0 Å². The van der Waals surface area contributed by atoms with Crippen molar-refractivity contribution in [2.75, 3.05) is 12.8 Å². The fourth-order valence-electron chi connectivity index (χ4n) is 2.51. The summed E-state index contributed by atoms with van der Waals surface area (Å²) in [5.41, 5.74) is 11.3. The Morgan fingerprint density at radius 1 is 1.44 bits per heavy atom. The Bertz CT molecular complexity index is 658. The third kappa shape index (κ3) is 1.46. The predicted octanol–water partition coefficient (Wildman–Crippen LogP) is 2.57. The normalized spacial score (nSPS) is 12.1. The fraction of sp³-hybridized carbons (Fsp3) is 0.214. The number of rotatable bonds is 1. The molecule has 0 aliphatic heterocycles. The van der Waals surface area contributed by atoms with Crippen LogP contribution in [0.15, 0.2) is 18.2 Å². The number of hydrogen-bond acceptors (Lipinski definition) is 3. The summed E-state index contributed by atoms with van der Waals surface area (Å²) >= 11 is 1.53. The monoisotopic (exact) mass is 258 g/mol. The van der Waals surface area contributed by atoms with Crippen LogP contribution < -0.4 is 11.1 Å². The molecule has 0 spiro atoms. The van der Waals surface area contributed by atoms with Crippen molar-refractivity contribution >= 4 is 22.2 Å². The molecule has 0 unspecified atom stereocenters. The van der Waals surface area contributed by atoms with E-state index < -0.39 is 0 Å². The van der Waals surface area contributed by atoms with Crippen molar-refractivity contribution in [3.8, 4) is 11.1 Å². The molecule has 0 saturated heterocycles. The summed E-state index contributed by atoms with van der Waals surface area (Å²) in [6.45, 7) is 2.06. The second-order valence-corrected chi connectivity index (χ2v) is 5.69. The third-order valence-electron chi connectivity index (χ3n) is 3.35. The van der Waals surface area contributed by atoms with Crippen molar-refractivity contribution in [1.29, 1.82) is 0 Å². The Morgan fingerprint density at radius 2 is 2.22 bits per heavy atom. The molecule has 0 radical (unpaired) electrons. The smallest absolute Gasteiger partial charge is 0.254 e. The quantitative estimate of drug-likeness (QED) is 0.705. The number of carbonyl (C=O) groups excluding carboxylic acids is 1. The topological polar surface area (TPSA) is 55.1 Å². The van der Waals surface area contributed by atoms with Gasteiger partial charge in [-0.05, 0) is 18.1 Å². The minimum atomic E-state index is -0.0978. The largest absolute Gasteiger partial charge is 0.390 e. The molecule has 1 aromatic carbocycles. The van der Waals surface area contributed by atoms with Gasteiger partial charge in [0.2, 0.25) is 0 Å². The SMILES string of the molecule is CNC(=O)c1c(N)sc2c1-c1cc(C)ccc1C2. The number of hydrogen-bond donors (Lipinski definition) is 2. The highest BCUT2D eigenvalue weighted by Gasteiger charge is 2.28. The molecule has 92 valence electrons. The lowest BCUT2D eigenvalue weighted by Gasteiger charge is -2.05. The molecule has 1 heterocycles. The minimum absolute atomic E-state index is 0.0978.